The third-order valence-electron chi connectivity index (χ3n) is 3.04. The number of aromatic nitrogens is 3. The fourth-order valence-corrected chi connectivity index (χ4v) is 1.98. The maximum Gasteiger partial charge on any atom is 0.0969 e. The van der Waals surface area contributed by atoms with Crippen LogP contribution in [0.15, 0.2) is 36.5 Å². The van der Waals surface area contributed by atoms with Gasteiger partial charge >= 0.3 is 0 Å². The summed E-state index contributed by atoms with van der Waals surface area (Å²) >= 11 is 0. The first-order valence-corrected chi connectivity index (χ1v) is 7.16. The van der Waals surface area contributed by atoms with Crippen LogP contribution in [0.5, 0.6) is 0 Å². The van der Waals surface area contributed by atoms with Gasteiger partial charge in [-0.2, -0.15) is 0 Å². The van der Waals surface area contributed by atoms with E-state index in [4.69, 9.17) is 10.5 Å². The van der Waals surface area contributed by atoms with Gasteiger partial charge in [-0.15, -0.1) is 5.10 Å². The van der Waals surface area contributed by atoms with Gasteiger partial charge in [-0.25, -0.2) is 4.68 Å². The van der Waals surface area contributed by atoms with Crippen LogP contribution < -0.4 is 5.73 Å². The Morgan fingerprint density at radius 1 is 1.29 bits per heavy atom. The molecule has 2 rings (SSSR count). The van der Waals surface area contributed by atoms with Crippen LogP contribution in [0.4, 0.5) is 0 Å². The minimum atomic E-state index is -0.599. The summed E-state index contributed by atoms with van der Waals surface area (Å²) < 4.78 is 7.14. The lowest BCUT2D eigenvalue weighted by molar-refractivity contribution is 0.0185. The molecule has 0 radical (unpaired) electrons. The highest BCUT2D eigenvalue weighted by Gasteiger charge is 2.08. The fraction of sp³-hybridized carbons (Fsp3) is 0.467. The molecule has 3 N–H and O–H groups in total. The molecule has 1 atom stereocenters. The van der Waals surface area contributed by atoms with E-state index < -0.39 is 6.10 Å². The molecule has 0 bridgehead atoms. The van der Waals surface area contributed by atoms with Crippen molar-refractivity contribution < 1.29 is 9.84 Å². The van der Waals surface area contributed by atoms with Gasteiger partial charge in [0.2, 0.25) is 0 Å². The monoisotopic (exact) mass is 290 g/mol. The van der Waals surface area contributed by atoms with Crippen LogP contribution in [-0.4, -0.2) is 39.4 Å². The second kappa shape index (κ2) is 8.51. The summed E-state index contributed by atoms with van der Waals surface area (Å²) in [5.41, 5.74) is 7.45. The quantitative estimate of drug-likeness (QED) is 0.711. The average Bonchev–Trinajstić information content (AvgIpc) is 2.93. The molecule has 1 unspecified atom stereocenters. The van der Waals surface area contributed by atoms with Gasteiger partial charge in [0.05, 0.1) is 31.6 Å². The third kappa shape index (κ3) is 5.63. The molecule has 21 heavy (non-hydrogen) atoms. The summed E-state index contributed by atoms with van der Waals surface area (Å²) in [5.74, 6) is 0. The van der Waals surface area contributed by atoms with Crippen molar-refractivity contribution in [2.75, 3.05) is 13.2 Å². The topological polar surface area (TPSA) is 86.2 Å². The molecule has 6 nitrogen and oxygen atoms in total. The minimum Gasteiger partial charge on any atom is -0.389 e. The molecule has 6 heteroatoms. The number of rotatable bonds is 9. The minimum absolute atomic E-state index is 0.271. The van der Waals surface area contributed by atoms with Crippen molar-refractivity contribution in [1.29, 1.82) is 0 Å². The number of hydrogen-bond acceptors (Lipinski definition) is 5. The molecule has 0 amide bonds. The summed E-state index contributed by atoms with van der Waals surface area (Å²) in [5, 5.41) is 18.0. The Hall–Kier alpha value is -1.76. The van der Waals surface area contributed by atoms with Gasteiger partial charge in [-0.05, 0) is 24.9 Å². The molecule has 0 aliphatic carbocycles. The molecule has 114 valence electrons. The normalized spacial score (nSPS) is 12.5. The van der Waals surface area contributed by atoms with Gasteiger partial charge in [-0.3, -0.25) is 0 Å². The summed E-state index contributed by atoms with van der Waals surface area (Å²) in [6, 6.07) is 9.88. The van der Waals surface area contributed by atoms with E-state index in [1.807, 2.05) is 36.5 Å². The van der Waals surface area contributed by atoms with Crippen LogP contribution in [0.2, 0.25) is 0 Å². The number of aliphatic hydroxyl groups excluding tert-OH is 1. The highest BCUT2D eigenvalue weighted by Crippen LogP contribution is 2.02. The molecule has 2 aromatic rings. The van der Waals surface area contributed by atoms with E-state index in [2.05, 4.69) is 10.3 Å². The lowest BCUT2D eigenvalue weighted by atomic mass is 10.2. The molecule has 0 aliphatic rings. The van der Waals surface area contributed by atoms with Crippen LogP contribution in [-0.2, 0) is 24.3 Å². The number of hydrogen-bond donors (Lipinski definition) is 2. The first kappa shape index (κ1) is 15.6. The van der Waals surface area contributed by atoms with Crippen molar-refractivity contribution in [2.24, 2.45) is 5.73 Å². The Morgan fingerprint density at radius 3 is 2.86 bits per heavy atom. The summed E-state index contributed by atoms with van der Waals surface area (Å²) in [4.78, 5) is 0. The number of aliphatic hydroxyl groups is 1. The number of aryl methyl sites for hydroxylation is 1. The van der Waals surface area contributed by atoms with E-state index in [1.54, 1.807) is 4.68 Å². The molecule has 1 aromatic heterocycles. The van der Waals surface area contributed by atoms with Crippen molar-refractivity contribution in [1.82, 2.24) is 15.0 Å². The second-order valence-electron chi connectivity index (χ2n) is 4.98. The first-order valence-electron chi connectivity index (χ1n) is 7.16. The van der Waals surface area contributed by atoms with Crippen LogP contribution in [0.1, 0.15) is 17.7 Å². The van der Waals surface area contributed by atoms with Crippen molar-refractivity contribution >= 4 is 0 Å². The molecule has 1 aromatic carbocycles. The maximum absolute atomic E-state index is 9.93. The maximum atomic E-state index is 9.93. The highest BCUT2D eigenvalue weighted by molar-refractivity contribution is 5.13. The SMILES string of the molecule is NCCCc1cn(CC(O)COCc2ccccc2)nn1. The van der Waals surface area contributed by atoms with Gasteiger partial charge < -0.3 is 15.6 Å². The van der Waals surface area contributed by atoms with E-state index in [-0.39, 0.29) is 6.61 Å². The molecular weight excluding hydrogens is 268 g/mol. The van der Waals surface area contributed by atoms with Gasteiger partial charge in [0, 0.05) is 6.20 Å². The third-order valence-corrected chi connectivity index (χ3v) is 3.04. The van der Waals surface area contributed by atoms with Crippen molar-refractivity contribution in [3.05, 3.63) is 47.8 Å². The van der Waals surface area contributed by atoms with Crippen LogP contribution in [0.25, 0.3) is 0 Å². The smallest absolute Gasteiger partial charge is 0.0969 e. The fourth-order valence-electron chi connectivity index (χ4n) is 1.98. The number of nitrogens with two attached hydrogens (primary N) is 1. The Kier molecular flexibility index (Phi) is 6.33. The number of ether oxygens (including phenoxy) is 1. The average molecular weight is 290 g/mol. The van der Waals surface area contributed by atoms with E-state index in [1.165, 1.54) is 0 Å². The standard InChI is InChI=1S/C15H22N4O2/c16-8-4-7-14-9-19(18-17-14)10-15(20)12-21-11-13-5-2-1-3-6-13/h1-3,5-6,9,15,20H,4,7-8,10-12,16H2. The lowest BCUT2D eigenvalue weighted by Crippen LogP contribution is -2.22. The van der Waals surface area contributed by atoms with Gasteiger partial charge in [0.1, 0.15) is 0 Å². The Bertz CT molecular complexity index is 515. The lowest BCUT2D eigenvalue weighted by Gasteiger charge is -2.11. The van der Waals surface area contributed by atoms with Crippen LogP contribution in [0.3, 0.4) is 0 Å². The van der Waals surface area contributed by atoms with E-state index in [0.717, 1.165) is 24.1 Å². The molecule has 0 fully saturated rings. The molecule has 1 heterocycles. The largest absolute Gasteiger partial charge is 0.389 e. The first-order chi connectivity index (χ1) is 10.3. The Labute approximate surface area is 124 Å². The molecule has 0 aliphatic heterocycles. The number of nitrogens with zero attached hydrogens (tertiary/aromatic N) is 3. The Morgan fingerprint density at radius 2 is 2.10 bits per heavy atom. The number of benzene rings is 1. The van der Waals surface area contributed by atoms with Crippen LogP contribution >= 0.6 is 0 Å². The van der Waals surface area contributed by atoms with Gasteiger partial charge in [-0.1, -0.05) is 35.5 Å². The predicted octanol–water partition coefficient (Wildman–Crippen LogP) is 0.747. The van der Waals surface area contributed by atoms with Crippen LogP contribution in [0, 0.1) is 0 Å². The van der Waals surface area contributed by atoms with Crippen molar-refractivity contribution in [3.8, 4) is 0 Å². The second-order valence-corrected chi connectivity index (χ2v) is 4.98. The highest BCUT2D eigenvalue weighted by atomic mass is 16.5. The van der Waals surface area contributed by atoms with Crippen molar-refractivity contribution in [3.63, 3.8) is 0 Å². The summed E-state index contributed by atoms with van der Waals surface area (Å²) in [6.45, 7) is 1.79. The predicted molar refractivity (Wildman–Crippen MR) is 79.5 cm³/mol. The summed E-state index contributed by atoms with van der Waals surface area (Å²) in [6.07, 6.45) is 2.95. The molecular formula is C15H22N4O2. The van der Waals surface area contributed by atoms with E-state index in [0.29, 0.717) is 19.7 Å². The van der Waals surface area contributed by atoms with E-state index in [9.17, 15) is 5.11 Å². The van der Waals surface area contributed by atoms with Gasteiger partial charge in [0.15, 0.2) is 0 Å². The molecule has 0 saturated carbocycles. The molecule has 0 spiro atoms. The zero-order valence-corrected chi connectivity index (χ0v) is 12.1. The molecule has 0 saturated heterocycles. The Balaban J connectivity index is 1.69. The zero-order chi connectivity index (χ0) is 14.9. The van der Waals surface area contributed by atoms with E-state index >= 15 is 0 Å². The zero-order valence-electron chi connectivity index (χ0n) is 12.1. The summed E-state index contributed by atoms with van der Waals surface area (Å²) in [7, 11) is 0. The van der Waals surface area contributed by atoms with Crippen molar-refractivity contribution in [2.45, 2.75) is 32.1 Å². The van der Waals surface area contributed by atoms with Gasteiger partial charge in [0.25, 0.3) is 0 Å².